The van der Waals surface area contributed by atoms with Gasteiger partial charge >= 0.3 is 0 Å². The molecule has 0 fully saturated rings. The third-order valence-corrected chi connectivity index (χ3v) is 6.50. The Bertz CT molecular complexity index is 1270. The molecule has 0 bridgehead atoms. The third-order valence-electron chi connectivity index (χ3n) is 6.50. The van der Waals surface area contributed by atoms with Crippen LogP contribution in [0.3, 0.4) is 0 Å². The van der Waals surface area contributed by atoms with E-state index in [9.17, 15) is 14.4 Å². The minimum atomic E-state index is -0.135. The van der Waals surface area contributed by atoms with Crippen LogP contribution in [0, 0.1) is 5.92 Å². The zero-order valence-electron chi connectivity index (χ0n) is 21.2. The van der Waals surface area contributed by atoms with Crippen molar-refractivity contribution in [2.45, 2.75) is 46.2 Å². The number of carbonyl (C=O) groups excluding carboxylic acids is 2. The maximum absolute atomic E-state index is 13.2. The first-order chi connectivity index (χ1) is 17.4. The maximum atomic E-state index is 13.2. The van der Waals surface area contributed by atoms with Crippen molar-refractivity contribution in [1.29, 1.82) is 0 Å². The monoisotopic (exact) mass is 489 g/mol. The fourth-order valence-electron chi connectivity index (χ4n) is 4.62. The number of amides is 2. The highest BCUT2D eigenvalue weighted by Gasteiger charge is 2.21. The van der Waals surface area contributed by atoms with E-state index < -0.39 is 0 Å². The summed E-state index contributed by atoms with van der Waals surface area (Å²) in [6.45, 7) is 7.34. The van der Waals surface area contributed by atoms with Crippen molar-refractivity contribution >= 4 is 28.4 Å². The summed E-state index contributed by atoms with van der Waals surface area (Å²) in [5, 5.41) is 3.98. The standard InChI is InChI=1S/C28H35N5O3/c1-21(2)18-27(35)33-15-7-14-31(17-13-29-19-22-8-3-6-11-25(22)33)26(34)12-16-32-20-30-24-10-5-4-9-23(24)28(32)36/h3-6,8-11,20-21,29H,7,12-19H2,1-2H3. The number of hydrogen-bond donors (Lipinski definition) is 1. The van der Waals surface area contributed by atoms with Gasteiger partial charge in [-0.2, -0.15) is 0 Å². The molecule has 0 unspecified atom stereocenters. The van der Waals surface area contributed by atoms with E-state index in [1.54, 1.807) is 12.1 Å². The predicted octanol–water partition coefficient (Wildman–Crippen LogP) is 3.19. The van der Waals surface area contributed by atoms with Crippen molar-refractivity contribution in [2.75, 3.05) is 31.1 Å². The molecule has 0 saturated heterocycles. The Kier molecular flexibility index (Phi) is 8.48. The fourth-order valence-corrected chi connectivity index (χ4v) is 4.62. The van der Waals surface area contributed by atoms with Gasteiger partial charge in [0.1, 0.15) is 0 Å². The van der Waals surface area contributed by atoms with Crippen LogP contribution in [0.25, 0.3) is 10.9 Å². The Hall–Kier alpha value is -3.52. The molecule has 0 saturated carbocycles. The number of aryl methyl sites for hydroxylation is 1. The van der Waals surface area contributed by atoms with E-state index in [0.29, 0.717) is 56.5 Å². The summed E-state index contributed by atoms with van der Waals surface area (Å²) in [5.74, 6) is 0.374. The van der Waals surface area contributed by atoms with E-state index in [2.05, 4.69) is 24.1 Å². The molecule has 36 heavy (non-hydrogen) atoms. The van der Waals surface area contributed by atoms with Gasteiger partial charge in [-0.15, -0.1) is 0 Å². The zero-order valence-corrected chi connectivity index (χ0v) is 21.2. The number of carbonyl (C=O) groups is 2. The lowest BCUT2D eigenvalue weighted by Crippen LogP contribution is -2.39. The van der Waals surface area contributed by atoms with Gasteiger partial charge in [0.2, 0.25) is 11.8 Å². The van der Waals surface area contributed by atoms with Gasteiger partial charge < -0.3 is 15.1 Å². The second kappa shape index (κ2) is 11.9. The second-order valence-electron chi connectivity index (χ2n) is 9.69. The van der Waals surface area contributed by atoms with Gasteiger partial charge in [-0.05, 0) is 36.1 Å². The molecule has 2 aromatic carbocycles. The first-order valence-corrected chi connectivity index (χ1v) is 12.7. The normalized spacial score (nSPS) is 15.0. The molecule has 0 atom stereocenters. The second-order valence-corrected chi connectivity index (χ2v) is 9.69. The van der Waals surface area contributed by atoms with Gasteiger partial charge in [0.15, 0.2) is 0 Å². The van der Waals surface area contributed by atoms with Gasteiger partial charge in [0, 0.05) is 57.8 Å². The first kappa shape index (κ1) is 25.6. The number of nitrogens with zero attached hydrogens (tertiary/aromatic N) is 4. The summed E-state index contributed by atoms with van der Waals surface area (Å²) in [5.41, 5.74) is 2.54. The highest BCUT2D eigenvalue weighted by molar-refractivity contribution is 5.94. The van der Waals surface area contributed by atoms with Crippen LogP contribution in [0.2, 0.25) is 0 Å². The molecule has 0 aliphatic carbocycles. The van der Waals surface area contributed by atoms with Crippen molar-refractivity contribution in [2.24, 2.45) is 5.92 Å². The number of hydrogen-bond acceptors (Lipinski definition) is 5. The molecule has 1 aromatic heterocycles. The molecule has 4 rings (SSSR count). The number of aromatic nitrogens is 2. The van der Waals surface area contributed by atoms with Crippen LogP contribution < -0.4 is 15.8 Å². The van der Waals surface area contributed by atoms with Gasteiger partial charge in [-0.25, -0.2) is 4.98 Å². The summed E-state index contributed by atoms with van der Waals surface area (Å²) in [4.78, 5) is 47.1. The van der Waals surface area contributed by atoms with Crippen LogP contribution in [-0.2, 0) is 22.7 Å². The van der Waals surface area contributed by atoms with Crippen LogP contribution in [0.15, 0.2) is 59.7 Å². The maximum Gasteiger partial charge on any atom is 0.261 e. The Morgan fingerprint density at radius 2 is 1.78 bits per heavy atom. The van der Waals surface area contributed by atoms with Crippen LogP contribution in [0.1, 0.15) is 38.7 Å². The minimum absolute atomic E-state index is 0.00585. The lowest BCUT2D eigenvalue weighted by molar-refractivity contribution is -0.131. The van der Waals surface area contributed by atoms with E-state index >= 15 is 0 Å². The zero-order chi connectivity index (χ0) is 25.5. The Morgan fingerprint density at radius 3 is 2.61 bits per heavy atom. The summed E-state index contributed by atoms with van der Waals surface area (Å²) < 4.78 is 1.51. The topological polar surface area (TPSA) is 87.5 Å². The number of nitrogens with one attached hydrogen (secondary N) is 1. The molecule has 1 aliphatic heterocycles. The molecule has 3 aromatic rings. The summed E-state index contributed by atoms with van der Waals surface area (Å²) in [6, 6.07) is 15.2. The van der Waals surface area contributed by atoms with Crippen molar-refractivity contribution in [3.05, 3.63) is 70.8 Å². The van der Waals surface area contributed by atoms with E-state index in [4.69, 9.17) is 0 Å². The molecule has 8 heteroatoms. The number of rotatable bonds is 5. The van der Waals surface area contributed by atoms with Crippen LogP contribution in [0.4, 0.5) is 5.69 Å². The highest BCUT2D eigenvalue weighted by atomic mass is 16.2. The van der Waals surface area contributed by atoms with Crippen molar-refractivity contribution in [1.82, 2.24) is 19.8 Å². The fraction of sp³-hybridized carbons (Fsp3) is 0.429. The van der Waals surface area contributed by atoms with Gasteiger partial charge in [0.25, 0.3) is 5.56 Å². The SMILES string of the molecule is CC(C)CC(=O)N1CCCN(C(=O)CCn2cnc3ccccc3c2=O)CCNCc2ccccc21. The summed E-state index contributed by atoms with van der Waals surface area (Å²) in [7, 11) is 0. The Morgan fingerprint density at radius 1 is 1.00 bits per heavy atom. The van der Waals surface area contributed by atoms with E-state index in [1.807, 2.05) is 46.2 Å². The van der Waals surface area contributed by atoms with E-state index in [0.717, 1.165) is 11.3 Å². The number of anilines is 1. The van der Waals surface area contributed by atoms with E-state index in [-0.39, 0.29) is 36.3 Å². The molecular formula is C28H35N5O3. The van der Waals surface area contributed by atoms with Gasteiger partial charge in [-0.1, -0.05) is 44.2 Å². The van der Waals surface area contributed by atoms with Crippen molar-refractivity contribution in [3.63, 3.8) is 0 Å². The van der Waals surface area contributed by atoms with Gasteiger partial charge in [-0.3, -0.25) is 19.0 Å². The lowest BCUT2D eigenvalue weighted by Gasteiger charge is -2.27. The predicted molar refractivity (Wildman–Crippen MR) is 142 cm³/mol. The Balaban J connectivity index is 1.44. The minimum Gasteiger partial charge on any atom is -0.341 e. The number of benzene rings is 2. The summed E-state index contributed by atoms with van der Waals surface area (Å²) >= 11 is 0. The molecular weight excluding hydrogens is 454 g/mol. The van der Waals surface area contributed by atoms with E-state index in [1.165, 1.54) is 10.9 Å². The quantitative estimate of drug-likeness (QED) is 0.595. The van der Waals surface area contributed by atoms with Crippen molar-refractivity contribution < 1.29 is 9.59 Å². The van der Waals surface area contributed by atoms with Crippen LogP contribution in [0.5, 0.6) is 0 Å². The number of para-hydroxylation sites is 2. The largest absolute Gasteiger partial charge is 0.341 e. The van der Waals surface area contributed by atoms with Crippen LogP contribution in [-0.4, -0.2) is 52.4 Å². The summed E-state index contributed by atoms with van der Waals surface area (Å²) in [6.07, 6.45) is 2.90. The molecule has 2 amide bonds. The molecule has 0 radical (unpaired) electrons. The lowest BCUT2D eigenvalue weighted by atomic mass is 10.1. The van der Waals surface area contributed by atoms with Crippen molar-refractivity contribution in [3.8, 4) is 0 Å². The average Bonchev–Trinajstić information content (AvgIpc) is 2.91. The van der Waals surface area contributed by atoms with Gasteiger partial charge in [0.05, 0.1) is 17.2 Å². The smallest absolute Gasteiger partial charge is 0.261 e. The molecule has 190 valence electrons. The molecule has 0 spiro atoms. The molecule has 8 nitrogen and oxygen atoms in total. The number of fused-ring (bicyclic) bond motifs is 2. The van der Waals surface area contributed by atoms with Crippen LogP contribution >= 0.6 is 0 Å². The first-order valence-electron chi connectivity index (χ1n) is 12.7. The Labute approximate surface area is 211 Å². The third kappa shape index (κ3) is 6.18. The molecule has 2 heterocycles. The highest BCUT2D eigenvalue weighted by Crippen LogP contribution is 2.23. The average molecular weight is 490 g/mol. The molecule has 1 N–H and O–H groups in total. The molecule has 1 aliphatic rings.